The van der Waals surface area contributed by atoms with Gasteiger partial charge in [0.2, 0.25) is 11.8 Å². The average Bonchev–Trinajstić information content (AvgIpc) is 3.44. The largest absolute Gasteiger partial charge is 0.479 e. The van der Waals surface area contributed by atoms with Crippen LogP contribution in [-0.2, 0) is 11.3 Å². The molecule has 2 aliphatic rings. The maximum atomic E-state index is 15.2. The number of ether oxygens (including phenoxy) is 2. The molecule has 15 heteroatoms. The van der Waals surface area contributed by atoms with Gasteiger partial charge in [-0.1, -0.05) is 11.3 Å². The molecule has 0 aliphatic carbocycles. The molecule has 0 amide bonds. The molecule has 2 saturated heterocycles. The number of methoxy groups -OCH3 is 1. The zero-order valence-electron chi connectivity index (χ0n) is 19.4. The highest BCUT2D eigenvalue weighted by atomic mass is 19.3. The first-order valence-corrected chi connectivity index (χ1v) is 11.4. The molecule has 4 aromatic rings. The maximum absolute atomic E-state index is 15.2. The Labute approximate surface area is 205 Å². The fourth-order valence-corrected chi connectivity index (χ4v) is 4.72. The second-order valence-electron chi connectivity index (χ2n) is 9.03. The van der Waals surface area contributed by atoms with Gasteiger partial charge in [0.15, 0.2) is 5.82 Å². The molecule has 37 heavy (non-hydrogen) atoms. The summed E-state index contributed by atoms with van der Waals surface area (Å²) in [6.07, 6.45) is -1.58. The summed E-state index contributed by atoms with van der Waals surface area (Å²) in [5.74, 6) is -3.95. The first-order chi connectivity index (χ1) is 17.7. The Bertz CT molecular complexity index is 1470. The van der Waals surface area contributed by atoms with Crippen molar-refractivity contribution in [1.29, 1.82) is 0 Å². The zero-order valence-corrected chi connectivity index (χ0v) is 19.4. The molecule has 10 nitrogen and oxygen atoms in total. The molecular weight excluding hydrogens is 503 g/mol. The van der Waals surface area contributed by atoms with E-state index in [1.807, 2.05) is 0 Å². The summed E-state index contributed by atoms with van der Waals surface area (Å²) in [6, 6.07) is 3.26. The third-order valence-corrected chi connectivity index (χ3v) is 6.64. The molecule has 1 atom stereocenters. The Balaban J connectivity index is 1.36. The number of fused-ring (bicyclic) bond motifs is 2. The van der Waals surface area contributed by atoms with E-state index in [2.05, 4.69) is 25.7 Å². The van der Waals surface area contributed by atoms with Gasteiger partial charge in [-0.15, -0.1) is 10.2 Å². The van der Waals surface area contributed by atoms with Crippen molar-refractivity contribution in [3.05, 3.63) is 30.2 Å². The topological polar surface area (TPSA) is 94.6 Å². The molecule has 196 valence electrons. The van der Waals surface area contributed by atoms with Crippen molar-refractivity contribution in [1.82, 2.24) is 34.5 Å². The van der Waals surface area contributed by atoms with E-state index < -0.39 is 37.3 Å². The first-order valence-electron chi connectivity index (χ1n) is 11.4. The number of rotatable bonds is 7. The highest BCUT2D eigenvalue weighted by Crippen LogP contribution is 2.36. The molecule has 1 aromatic carbocycles. The molecule has 3 aromatic heterocycles. The molecular formula is C22H21F5N8O2. The molecule has 0 saturated carbocycles. The second-order valence-corrected chi connectivity index (χ2v) is 9.03. The Morgan fingerprint density at radius 1 is 1.27 bits per heavy atom. The molecule has 0 spiro atoms. The fourth-order valence-electron chi connectivity index (χ4n) is 4.72. The minimum absolute atomic E-state index is 0.0532. The standard InChI is InChI=1S/C22H21F5N8O2/c1-36-20-19-18(11-2-3-14-15(4-11)34(32-30-14)7-17(24)25)13(23)5-35(19)31-21(29-20)28-16-6-33(10-22(16,26)27)12-8-37-9-12/h2-5,12,16-17H,6-10H2,1H3,(H,28,31)/t16-/m1/s1. The van der Waals surface area contributed by atoms with Gasteiger partial charge < -0.3 is 14.8 Å². The van der Waals surface area contributed by atoms with Crippen LogP contribution in [0.2, 0.25) is 0 Å². The predicted molar refractivity (Wildman–Crippen MR) is 121 cm³/mol. The second kappa shape index (κ2) is 8.76. The van der Waals surface area contributed by atoms with E-state index >= 15 is 4.39 Å². The summed E-state index contributed by atoms with van der Waals surface area (Å²) in [4.78, 5) is 5.88. The fraction of sp³-hybridized carbons (Fsp3) is 0.455. The summed E-state index contributed by atoms with van der Waals surface area (Å²) >= 11 is 0. The van der Waals surface area contributed by atoms with Crippen LogP contribution in [0.5, 0.6) is 5.88 Å². The number of aromatic nitrogens is 6. The van der Waals surface area contributed by atoms with Gasteiger partial charge in [-0.05, 0) is 17.7 Å². The van der Waals surface area contributed by atoms with Crippen LogP contribution in [0.15, 0.2) is 24.4 Å². The monoisotopic (exact) mass is 524 g/mol. The number of benzene rings is 1. The molecule has 2 aliphatic heterocycles. The van der Waals surface area contributed by atoms with Crippen molar-refractivity contribution < 1.29 is 31.4 Å². The Morgan fingerprint density at radius 3 is 2.78 bits per heavy atom. The smallest absolute Gasteiger partial charge is 0.281 e. The lowest BCUT2D eigenvalue weighted by molar-refractivity contribution is -0.0711. The van der Waals surface area contributed by atoms with Gasteiger partial charge in [0.1, 0.15) is 23.6 Å². The number of hydrogen-bond donors (Lipinski definition) is 1. The number of nitrogens with zero attached hydrogens (tertiary/aromatic N) is 7. The van der Waals surface area contributed by atoms with Crippen molar-refractivity contribution in [3.63, 3.8) is 0 Å². The number of halogens is 5. The molecule has 6 rings (SSSR count). The van der Waals surface area contributed by atoms with Crippen LogP contribution >= 0.6 is 0 Å². The normalized spacial score (nSPS) is 20.2. The van der Waals surface area contributed by atoms with Crippen molar-refractivity contribution >= 4 is 22.5 Å². The van der Waals surface area contributed by atoms with Crippen LogP contribution in [0.3, 0.4) is 0 Å². The van der Waals surface area contributed by atoms with E-state index in [1.165, 1.54) is 19.2 Å². The van der Waals surface area contributed by atoms with E-state index in [-0.39, 0.29) is 35.5 Å². The van der Waals surface area contributed by atoms with Gasteiger partial charge in [-0.3, -0.25) is 4.90 Å². The Kier molecular flexibility index (Phi) is 5.63. The van der Waals surface area contributed by atoms with E-state index in [1.54, 1.807) is 11.0 Å². The number of hydrogen-bond acceptors (Lipinski definition) is 8. The van der Waals surface area contributed by atoms with Gasteiger partial charge >= 0.3 is 0 Å². The molecule has 0 radical (unpaired) electrons. The first kappa shape index (κ1) is 23.8. The number of nitrogens with one attached hydrogen (secondary N) is 1. The quantitative estimate of drug-likeness (QED) is 0.369. The predicted octanol–water partition coefficient (Wildman–Crippen LogP) is 2.68. The van der Waals surface area contributed by atoms with Gasteiger partial charge in [0, 0.05) is 6.54 Å². The summed E-state index contributed by atoms with van der Waals surface area (Å²) in [5, 5.41) is 14.5. The third kappa shape index (κ3) is 4.11. The zero-order chi connectivity index (χ0) is 25.9. The SMILES string of the molecule is COc1nc(N[C@@H]2CN(C3COC3)CC2(F)F)nn2cc(F)c(-c3ccc4nnn(CC(F)F)c4c3)c12. The minimum Gasteiger partial charge on any atom is -0.479 e. The minimum atomic E-state index is -3.04. The summed E-state index contributed by atoms with van der Waals surface area (Å²) in [6.45, 7) is -0.196. The average molecular weight is 524 g/mol. The molecule has 2 fully saturated rings. The van der Waals surface area contributed by atoms with Crippen LogP contribution in [-0.4, -0.2) is 92.3 Å². The van der Waals surface area contributed by atoms with Crippen LogP contribution in [0.4, 0.5) is 27.9 Å². The van der Waals surface area contributed by atoms with Crippen molar-refractivity contribution in [2.45, 2.75) is 31.0 Å². The van der Waals surface area contributed by atoms with E-state index in [4.69, 9.17) is 9.47 Å². The highest BCUT2D eigenvalue weighted by molar-refractivity contribution is 5.89. The van der Waals surface area contributed by atoms with Crippen LogP contribution in [0.25, 0.3) is 27.7 Å². The van der Waals surface area contributed by atoms with Gasteiger partial charge in [-0.2, -0.15) is 4.98 Å². The van der Waals surface area contributed by atoms with Crippen molar-refractivity contribution in [3.8, 4) is 17.0 Å². The van der Waals surface area contributed by atoms with Crippen molar-refractivity contribution in [2.75, 3.05) is 38.7 Å². The van der Waals surface area contributed by atoms with Crippen LogP contribution in [0.1, 0.15) is 0 Å². The van der Waals surface area contributed by atoms with Crippen molar-refractivity contribution in [2.24, 2.45) is 0 Å². The third-order valence-electron chi connectivity index (χ3n) is 6.64. The lowest BCUT2D eigenvalue weighted by atomic mass is 10.1. The molecule has 5 heterocycles. The van der Waals surface area contributed by atoms with Gasteiger partial charge in [0.05, 0.1) is 50.2 Å². The lowest BCUT2D eigenvalue weighted by Gasteiger charge is -2.34. The van der Waals surface area contributed by atoms with E-state index in [0.29, 0.717) is 29.8 Å². The number of anilines is 1. The summed E-state index contributed by atoms with van der Waals surface area (Å²) in [5.41, 5.74) is 1.18. The summed E-state index contributed by atoms with van der Waals surface area (Å²) in [7, 11) is 1.31. The molecule has 0 unspecified atom stereocenters. The van der Waals surface area contributed by atoms with E-state index in [9.17, 15) is 17.6 Å². The Morgan fingerprint density at radius 2 is 2.08 bits per heavy atom. The van der Waals surface area contributed by atoms with Crippen LogP contribution < -0.4 is 10.1 Å². The highest BCUT2D eigenvalue weighted by Gasteiger charge is 2.51. The summed E-state index contributed by atoms with van der Waals surface area (Å²) < 4.78 is 83.2. The molecule has 1 N–H and O–H groups in total. The lowest BCUT2D eigenvalue weighted by Crippen LogP contribution is -2.48. The number of likely N-dealkylation sites (tertiary alicyclic amines) is 1. The Hall–Kier alpha value is -3.59. The van der Waals surface area contributed by atoms with Crippen LogP contribution in [0, 0.1) is 5.82 Å². The van der Waals surface area contributed by atoms with Gasteiger partial charge in [0.25, 0.3) is 12.3 Å². The van der Waals surface area contributed by atoms with Gasteiger partial charge in [-0.25, -0.2) is 31.1 Å². The van der Waals surface area contributed by atoms with E-state index in [0.717, 1.165) is 15.4 Å². The maximum Gasteiger partial charge on any atom is 0.281 e. The molecule has 0 bridgehead atoms. The number of alkyl halides is 4.